The molecule has 6 rings (SSSR count). The largest absolute Gasteiger partial charge is 0.371 e. The van der Waals surface area contributed by atoms with E-state index < -0.39 is 0 Å². The van der Waals surface area contributed by atoms with Gasteiger partial charge in [0.1, 0.15) is 11.7 Å². The van der Waals surface area contributed by atoms with Gasteiger partial charge < -0.3 is 20.1 Å². The van der Waals surface area contributed by atoms with Crippen molar-refractivity contribution in [1.82, 2.24) is 30.0 Å². The first-order valence-corrected chi connectivity index (χ1v) is 15.2. The average molecular weight is 496 g/mol. The van der Waals surface area contributed by atoms with Crippen LogP contribution >= 0.6 is 0 Å². The lowest BCUT2D eigenvalue weighted by Crippen LogP contribution is -2.47. The van der Waals surface area contributed by atoms with Crippen molar-refractivity contribution in [2.45, 2.75) is 95.7 Å². The first-order valence-electron chi connectivity index (χ1n) is 15.2. The van der Waals surface area contributed by atoms with Crippen molar-refractivity contribution in [1.29, 1.82) is 0 Å². The molecule has 0 aromatic carbocycles. The Labute approximate surface area is 218 Å². The monoisotopic (exact) mass is 495 g/mol. The number of aromatic amines is 1. The SMILES string of the molecule is c1c[nH]c(CN(CC2=NCCN2)C2CCC(CN3CCC4(CCN(C5CCCCC5)CC4)C3)CC2)n1. The number of hydrogen-bond acceptors (Lipinski definition) is 6. The molecule has 0 atom stereocenters. The highest BCUT2D eigenvalue weighted by Gasteiger charge is 2.42. The summed E-state index contributed by atoms with van der Waals surface area (Å²) >= 11 is 0. The third kappa shape index (κ3) is 5.99. The molecule has 2 saturated carbocycles. The highest BCUT2D eigenvalue weighted by Crippen LogP contribution is 2.42. The van der Waals surface area contributed by atoms with Gasteiger partial charge in [0, 0.05) is 44.1 Å². The molecule has 1 aromatic heterocycles. The van der Waals surface area contributed by atoms with Crippen molar-refractivity contribution in [2.75, 3.05) is 52.4 Å². The average Bonchev–Trinajstić information content (AvgIpc) is 3.69. The standard InChI is InChI=1S/C29H49N7/c1-2-4-25(5-3-1)35-18-11-29(12-19-35)10-17-34(23-29)20-24-6-8-26(9-7-24)36(21-27-30-13-14-31-27)22-28-32-15-16-33-28/h13-14,24-26H,1-12,15-23H2,(H,30,31)(H,32,33). The minimum absolute atomic E-state index is 0.636. The maximum Gasteiger partial charge on any atom is 0.120 e. The van der Waals surface area contributed by atoms with Crippen molar-refractivity contribution in [3.63, 3.8) is 0 Å². The van der Waals surface area contributed by atoms with Crippen LogP contribution in [0.25, 0.3) is 0 Å². The number of imidazole rings is 1. The Hall–Kier alpha value is -1.44. The van der Waals surface area contributed by atoms with Crippen LogP contribution in [0.1, 0.15) is 82.9 Å². The molecule has 4 fully saturated rings. The molecule has 1 spiro atoms. The van der Waals surface area contributed by atoms with Crippen LogP contribution in [-0.4, -0.2) is 94.9 Å². The van der Waals surface area contributed by atoms with Gasteiger partial charge in [-0.05, 0) is 88.8 Å². The van der Waals surface area contributed by atoms with E-state index in [9.17, 15) is 0 Å². The van der Waals surface area contributed by atoms with Crippen LogP contribution in [0.5, 0.6) is 0 Å². The molecule has 2 saturated heterocycles. The molecular formula is C29H49N7. The first kappa shape index (κ1) is 24.9. The maximum atomic E-state index is 4.68. The van der Waals surface area contributed by atoms with Crippen molar-refractivity contribution in [2.24, 2.45) is 16.3 Å². The van der Waals surface area contributed by atoms with Gasteiger partial charge in [0.25, 0.3) is 0 Å². The topological polar surface area (TPSA) is 62.8 Å². The normalized spacial score (nSPS) is 30.2. The summed E-state index contributed by atoms with van der Waals surface area (Å²) in [6, 6.07) is 1.55. The quantitative estimate of drug-likeness (QED) is 0.573. The number of nitrogens with zero attached hydrogens (tertiary/aromatic N) is 5. The Balaban J connectivity index is 0.962. The molecule has 2 N–H and O–H groups in total. The van der Waals surface area contributed by atoms with E-state index in [0.717, 1.165) is 44.0 Å². The molecule has 1 aromatic rings. The third-order valence-electron chi connectivity index (χ3n) is 10.3. The molecule has 7 nitrogen and oxygen atoms in total. The fourth-order valence-corrected chi connectivity index (χ4v) is 8.10. The van der Waals surface area contributed by atoms with E-state index in [2.05, 4.69) is 35.0 Å². The van der Waals surface area contributed by atoms with Gasteiger partial charge in [-0.1, -0.05) is 19.3 Å². The second kappa shape index (κ2) is 11.5. The summed E-state index contributed by atoms with van der Waals surface area (Å²) in [5, 5.41) is 3.48. The Morgan fingerprint density at radius 3 is 2.47 bits per heavy atom. The van der Waals surface area contributed by atoms with E-state index in [1.165, 1.54) is 116 Å². The molecule has 4 heterocycles. The number of H-pyrrole nitrogens is 1. The summed E-state index contributed by atoms with van der Waals surface area (Å²) in [7, 11) is 0. The first-order chi connectivity index (χ1) is 17.7. The summed E-state index contributed by atoms with van der Waals surface area (Å²) in [4.78, 5) is 20.9. The lowest BCUT2D eigenvalue weighted by Gasteiger charge is -2.44. The van der Waals surface area contributed by atoms with Gasteiger partial charge in [0.05, 0.1) is 19.6 Å². The van der Waals surface area contributed by atoms with E-state index in [1.807, 2.05) is 12.4 Å². The summed E-state index contributed by atoms with van der Waals surface area (Å²) in [6.07, 6.45) is 20.9. The van der Waals surface area contributed by atoms with Gasteiger partial charge in [-0.2, -0.15) is 0 Å². The highest BCUT2D eigenvalue weighted by atomic mass is 15.2. The van der Waals surface area contributed by atoms with Crippen LogP contribution in [0.4, 0.5) is 0 Å². The number of amidine groups is 1. The van der Waals surface area contributed by atoms with Gasteiger partial charge >= 0.3 is 0 Å². The molecule has 2 aliphatic carbocycles. The number of likely N-dealkylation sites (tertiary alicyclic amines) is 2. The fraction of sp³-hybridized carbons (Fsp3) is 0.862. The fourth-order valence-electron chi connectivity index (χ4n) is 8.10. The summed E-state index contributed by atoms with van der Waals surface area (Å²) in [6.45, 7) is 10.6. The van der Waals surface area contributed by atoms with Crippen molar-refractivity contribution < 1.29 is 0 Å². The van der Waals surface area contributed by atoms with E-state index in [0.29, 0.717) is 11.5 Å². The smallest absolute Gasteiger partial charge is 0.120 e. The molecule has 3 aliphatic heterocycles. The number of aliphatic imine (C=N–C) groups is 1. The maximum absolute atomic E-state index is 4.68. The van der Waals surface area contributed by atoms with Crippen molar-refractivity contribution in [3.05, 3.63) is 18.2 Å². The van der Waals surface area contributed by atoms with Gasteiger partial charge in [-0.25, -0.2) is 4.98 Å². The van der Waals surface area contributed by atoms with Crippen LogP contribution in [-0.2, 0) is 6.54 Å². The molecule has 0 radical (unpaired) electrons. The van der Waals surface area contributed by atoms with Gasteiger partial charge in [0.15, 0.2) is 0 Å². The van der Waals surface area contributed by atoms with Crippen LogP contribution in [0.2, 0.25) is 0 Å². The molecule has 7 heteroatoms. The second-order valence-electron chi connectivity index (χ2n) is 12.7. The molecule has 0 unspecified atom stereocenters. The zero-order valence-electron chi connectivity index (χ0n) is 22.5. The highest BCUT2D eigenvalue weighted by molar-refractivity contribution is 5.85. The molecule has 0 bridgehead atoms. The number of rotatable bonds is 8. The number of nitrogens with one attached hydrogen (secondary N) is 2. The summed E-state index contributed by atoms with van der Waals surface area (Å²) in [5.41, 5.74) is 0.636. The summed E-state index contributed by atoms with van der Waals surface area (Å²) in [5.74, 6) is 3.12. The van der Waals surface area contributed by atoms with Gasteiger partial charge in [-0.3, -0.25) is 9.89 Å². The lowest BCUT2D eigenvalue weighted by molar-refractivity contribution is 0.0594. The van der Waals surface area contributed by atoms with E-state index in [1.54, 1.807) is 0 Å². The zero-order chi connectivity index (χ0) is 24.2. The zero-order valence-corrected chi connectivity index (χ0v) is 22.5. The minimum atomic E-state index is 0.636. The molecule has 5 aliphatic rings. The Bertz CT molecular complexity index is 830. The second-order valence-corrected chi connectivity index (χ2v) is 12.7. The number of hydrogen-bond donors (Lipinski definition) is 2. The molecular weight excluding hydrogens is 446 g/mol. The molecule has 200 valence electrons. The molecule has 0 amide bonds. The Kier molecular flexibility index (Phi) is 7.96. The number of piperidine rings is 1. The number of aromatic nitrogens is 2. The molecule has 36 heavy (non-hydrogen) atoms. The van der Waals surface area contributed by atoms with Crippen molar-refractivity contribution >= 4 is 5.84 Å². The minimum Gasteiger partial charge on any atom is -0.371 e. The predicted molar refractivity (Wildman–Crippen MR) is 146 cm³/mol. The van der Waals surface area contributed by atoms with Crippen LogP contribution in [0, 0.1) is 11.3 Å². The van der Waals surface area contributed by atoms with Crippen LogP contribution < -0.4 is 5.32 Å². The van der Waals surface area contributed by atoms with Crippen LogP contribution in [0.15, 0.2) is 17.4 Å². The van der Waals surface area contributed by atoms with E-state index >= 15 is 0 Å². The van der Waals surface area contributed by atoms with Gasteiger partial charge in [0.2, 0.25) is 0 Å². The lowest BCUT2D eigenvalue weighted by atomic mass is 9.77. The Morgan fingerprint density at radius 1 is 0.944 bits per heavy atom. The Morgan fingerprint density at radius 2 is 1.75 bits per heavy atom. The van der Waals surface area contributed by atoms with E-state index in [-0.39, 0.29) is 0 Å². The van der Waals surface area contributed by atoms with Crippen molar-refractivity contribution in [3.8, 4) is 0 Å². The predicted octanol–water partition coefficient (Wildman–Crippen LogP) is 3.89. The third-order valence-corrected chi connectivity index (χ3v) is 10.3. The summed E-state index contributed by atoms with van der Waals surface area (Å²) < 4.78 is 0. The van der Waals surface area contributed by atoms with Gasteiger partial charge in [-0.15, -0.1) is 0 Å². The van der Waals surface area contributed by atoms with E-state index in [4.69, 9.17) is 0 Å². The van der Waals surface area contributed by atoms with Crippen LogP contribution in [0.3, 0.4) is 0 Å².